The highest BCUT2D eigenvalue weighted by Crippen LogP contribution is 2.41. The summed E-state index contributed by atoms with van der Waals surface area (Å²) in [6.45, 7) is 4.11. The van der Waals surface area contributed by atoms with E-state index >= 15 is 0 Å². The number of carbonyl (C=O) groups excluding carboxylic acids is 2. The highest BCUT2D eigenvalue weighted by Gasteiger charge is 2.47. The summed E-state index contributed by atoms with van der Waals surface area (Å²) in [7, 11) is 0. The summed E-state index contributed by atoms with van der Waals surface area (Å²) in [5.74, 6) is 0.369. The Kier molecular flexibility index (Phi) is 5.29. The molecule has 0 unspecified atom stereocenters. The van der Waals surface area contributed by atoms with Gasteiger partial charge in [-0.25, -0.2) is 0 Å². The van der Waals surface area contributed by atoms with Crippen molar-refractivity contribution in [2.75, 3.05) is 6.54 Å². The van der Waals surface area contributed by atoms with E-state index in [-0.39, 0.29) is 17.4 Å². The third-order valence-electron chi connectivity index (χ3n) is 6.22. The first-order valence-corrected chi connectivity index (χ1v) is 11.1. The number of fused-ring (bicyclic) bond motifs is 1. The number of aryl methyl sites for hydroxylation is 1. The summed E-state index contributed by atoms with van der Waals surface area (Å²) in [5, 5.41) is 11.2. The number of rotatable bonds is 5. The van der Waals surface area contributed by atoms with E-state index in [2.05, 4.69) is 0 Å². The van der Waals surface area contributed by atoms with Gasteiger partial charge in [0, 0.05) is 18.5 Å². The molecule has 0 bridgehead atoms. The average Bonchev–Trinajstić information content (AvgIpc) is 3.47. The minimum Gasteiger partial charge on any atom is -0.507 e. The molecule has 0 radical (unpaired) electrons. The second kappa shape index (κ2) is 8.28. The van der Waals surface area contributed by atoms with Gasteiger partial charge < -0.3 is 19.2 Å². The number of hydrogen-bond donors (Lipinski definition) is 1. The monoisotopic (exact) mass is 443 g/mol. The Morgan fingerprint density at radius 2 is 1.88 bits per heavy atom. The molecule has 1 aromatic heterocycles. The lowest BCUT2D eigenvalue weighted by atomic mass is 9.97. The number of furan rings is 1. The van der Waals surface area contributed by atoms with Crippen molar-refractivity contribution >= 4 is 17.4 Å². The van der Waals surface area contributed by atoms with Gasteiger partial charge in [0.15, 0.2) is 0 Å². The predicted octanol–water partition coefficient (Wildman–Crippen LogP) is 4.58. The summed E-state index contributed by atoms with van der Waals surface area (Å²) in [6.07, 6.45) is 1.37. The smallest absolute Gasteiger partial charge is 0.295 e. The molecule has 2 aromatic carbocycles. The summed E-state index contributed by atoms with van der Waals surface area (Å²) < 4.78 is 11.6. The number of aliphatic hydroxyl groups excluding tert-OH is 1. The molecule has 1 fully saturated rings. The summed E-state index contributed by atoms with van der Waals surface area (Å²) in [4.78, 5) is 27.7. The van der Waals surface area contributed by atoms with Gasteiger partial charge in [-0.3, -0.25) is 9.59 Å². The Morgan fingerprint density at radius 3 is 2.61 bits per heavy atom. The van der Waals surface area contributed by atoms with Crippen LogP contribution in [-0.4, -0.2) is 34.3 Å². The molecule has 2 aliphatic heterocycles. The van der Waals surface area contributed by atoms with Crippen LogP contribution in [0.5, 0.6) is 5.75 Å². The SMILES string of the molecule is Cc1ccc([C@H]2C(=C(O)c3ccc4c(c3)C[C@H](C)O4)C(=O)C(=O)N2CCc2ccccc2)o1. The number of amides is 1. The number of carbonyl (C=O) groups is 2. The van der Waals surface area contributed by atoms with Crippen LogP contribution in [0.2, 0.25) is 0 Å². The molecule has 33 heavy (non-hydrogen) atoms. The molecular weight excluding hydrogens is 418 g/mol. The highest BCUT2D eigenvalue weighted by atomic mass is 16.5. The quantitative estimate of drug-likeness (QED) is 0.355. The van der Waals surface area contributed by atoms with Gasteiger partial charge in [0.05, 0.1) is 5.57 Å². The first-order valence-electron chi connectivity index (χ1n) is 11.1. The molecule has 3 aromatic rings. The van der Waals surface area contributed by atoms with Crippen LogP contribution >= 0.6 is 0 Å². The number of benzene rings is 2. The van der Waals surface area contributed by atoms with Gasteiger partial charge in [-0.1, -0.05) is 30.3 Å². The van der Waals surface area contributed by atoms with Crippen LogP contribution < -0.4 is 4.74 Å². The minimum absolute atomic E-state index is 0.0503. The van der Waals surface area contributed by atoms with Gasteiger partial charge in [-0.15, -0.1) is 0 Å². The third kappa shape index (κ3) is 3.82. The lowest BCUT2D eigenvalue weighted by molar-refractivity contribution is -0.140. The summed E-state index contributed by atoms with van der Waals surface area (Å²) >= 11 is 0. The molecule has 168 valence electrons. The maximum absolute atomic E-state index is 13.1. The molecule has 6 heteroatoms. The Morgan fingerprint density at radius 1 is 1.09 bits per heavy atom. The van der Waals surface area contributed by atoms with Crippen LogP contribution in [0.25, 0.3) is 5.76 Å². The Labute approximate surface area is 192 Å². The summed E-state index contributed by atoms with van der Waals surface area (Å²) in [6, 6.07) is 17.9. The number of nitrogens with zero attached hydrogens (tertiary/aromatic N) is 1. The topological polar surface area (TPSA) is 80.0 Å². The van der Waals surface area contributed by atoms with E-state index in [9.17, 15) is 14.7 Å². The number of hydrogen-bond acceptors (Lipinski definition) is 5. The van der Waals surface area contributed by atoms with Gasteiger partial charge in [0.1, 0.15) is 35.2 Å². The van der Waals surface area contributed by atoms with Crippen molar-refractivity contribution in [3.05, 3.63) is 94.4 Å². The van der Waals surface area contributed by atoms with E-state index < -0.39 is 17.7 Å². The fourth-order valence-corrected chi connectivity index (χ4v) is 4.63. The lowest BCUT2D eigenvalue weighted by Gasteiger charge is -2.23. The van der Waals surface area contributed by atoms with Crippen LogP contribution in [0.3, 0.4) is 0 Å². The predicted molar refractivity (Wildman–Crippen MR) is 123 cm³/mol. The number of ether oxygens (including phenoxy) is 1. The second-order valence-corrected chi connectivity index (χ2v) is 8.63. The molecule has 5 rings (SSSR count). The number of Topliss-reactive ketones (excluding diaryl/α,β-unsaturated/α-hetero) is 1. The van der Waals surface area contributed by atoms with Crippen molar-refractivity contribution in [1.82, 2.24) is 4.90 Å². The van der Waals surface area contributed by atoms with E-state index in [0.29, 0.717) is 30.0 Å². The van der Waals surface area contributed by atoms with E-state index in [1.165, 1.54) is 4.90 Å². The fraction of sp³-hybridized carbons (Fsp3) is 0.259. The number of aliphatic hydroxyl groups is 1. The van der Waals surface area contributed by atoms with Crippen LogP contribution in [-0.2, 0) is 22.4 Å². The van der Waals surface area contributed by atoms with Crippen LogP contribution in [0.15, 0.2) is 70.7 Å². The molecule has 1 saturated heterocycles. The Balaban J connectivity index is 1.55. The maximum Gasteiger partial charge on any atom is 0.295 e. The molecule has 0 aliphatic carbocycles. The number of ketones is 1. The van der Waals surface area contributed by atoms with Crippen molar-refractivity contribution in [3.8, 4) is 5.75 Å². The Hall–Kier alpha value is -3.80. The van der Waals surface area contributed by atoms with Crippen molar-refractivity contribution in [2.24, 2.45) is 0 Å². The average molecular weight is 443 g/mol. The molecule has 2 aliphatic rings. The molecule has 2 atom stereocenters. The second-order valence-electron chi connectivity index (χ2n) is 8.63. The largest absolute Gasteiger partial charge is 0.507 e. The lowest BCUT2D eigenvalue weighted by Crippen LogP contribution is -2.31. The van der Waals surface area contributed by atoms with E-state index in [1.807, 2.05) is 43.3 Å². The van der Waals surface area contributed by atoms with Gasteiger partial charge in [-0.2, -0.15) is 0 Å². The zero-order valence-corrected chi connectivity index (χ0v) is 18.6. The first kappa shape index (κ1) is 21.1. The van der Waals surface area contributed by atoms with Crippen molar-refractivity contribution < 1.29 is 23.8 Å². The zero-order chi connectivity index (χ0) is 23.1. The fourth-order valence-electron chi connectivity index (χ4n) is 4.63. The standard InChI is InChI=1S/C27H25NO5/c1-16-8-10-22(32-16)24-23(25(29)19-9-11-21-20(15-19)14-17(2)33-21)26(30)27(31)28(24)13-12-18-6-4-3-5-7-18/h3-11,15,17,24,29H,12-14H2,1-2H3/t17-,24-/m0/s1. The number of likely N-dealkylation sites (tertiary alicyclic amines) is 1. The van der Waals surface area contributed by atoms with Crippen molar-refractivity contribution in [1.29, 1.82) is 0 Å². The zero-order valence-electron chi connectivity index (χ0n) is 18.6. The molecule has 1 N–H and O–H groups in total. The molecule has 0 spiro atoms. The van der Waals surface area contributed by atoms with E-state index in [1.54, 1.807) is 31.2 Å². The minimum atomic E-state index is -0.786. The summed E-state index contributed by atoms with van der Waals surface area (Å²) in [5.41, 5.74) is 2.56. The van der Waals surface area contributed by atoms with Crippen LogP contribution in [0, 0.1) is 6.92 Å². The molecule has 1 amide bonds. The van der Waals surface area contributed by atoms with Gasteiger partial charge in [-0.05, 0) is 61.7 Å². The van der Waals surface area contributed by atoms with E-state index in [4.69, 9.17) is 9.15 Å². The van der Waals surface area contributed by atoms with Crippen LogP contribution in [0.1, 0.15) is 41.2 Å². The van der Waals surface area contributed by atoms with Crippen molar-refractivity contribution in [2.45, 2.75) is 38.8 Å². The van der Waals surface area contributed by atoms with Gasteiger partial charge in [0.25, 0.3) is 11.7 Å². The third-order valence-corrected chi connectivity index (χ3v) is 6.22. The normalized spacial score (nSPS) is 21.3. The van der Waals surface area contributed by atoms with E-state index in [0.717, 1.165) is 23.3 Å². The molecule has 0 saturated carbocycles. The van der Waals surface area contributed by atoms with Crippen LogP contribution in [0.4, 0.5) is 0 Å². The van der Waals surface area contributed by atoms with Gasteiger partial charge >= 0.3 is 0 Å². The highest BCUT2D eigenvalue weighted by molar-refractivity contribution is 6.46. The Bertz CT molecular complexity index is 1260. The first-order chi connectivity index (χ1) is 15.9. The maximum atomic E-state index is 13.1. The molecular formula is C27H25NO5. The van der Waals surface area contributed by atoms with Crippen molar-refractivity contribution in [3.63, 3.8) is 0 Å². The molecule has 6 nitrogen and oxygen atoms in total. The molecule has 3 heterocycles. The van der Waals surface area contributed by atoms with Gasteiger partial charge in [0.2, 0.25) is 0 Å².